The van der Waals surface area contributed by atoms with Crippen molar-refractivity contribution in [3.63, 3.8) is 0 Å². The number of thiocarbonyl (C=S) groups is 1. The standard InChI is InChI=1S/C15H22N2OS/c1-15(18-2)8-5-9-17(11-15)10-12-6-3-4-7-13(12)14(16)19/h3-4,6-7H,5,8-11H2,1-2H3,(H2,16,19). The van der Waals surface area contributed by atoms with Crippen molar-refractivity contribution in [2.75, 3.05) is 20.2 Å². The molecule has 0 aromatic heterocycles. The fourth-order valence-corrected chi connectivity index (χ4v) is 2.95. The predicted molar refractivity (Wildman–Crippen MR) is 82.3 cm³/mol. The van der Waals surface area contributed by atoms with Gasteiger partial charge in [0.05, 0.1) is 5.60 Å². The summed E-state index contributed by atoms with van der Waals surface area (Å²) in [7, 11) is 1.80. The summed E-state index contributed by atoms with van der Waals surface area (Å²) < 4.78 is 5.63. The highest BCUT2D eigenvalue weighted by atomic mass is 32.1. The second-order valence-corrected chi connectivity index (χ2v) is 5.93. The number of nitrogens with zero attached hydrogens (tertiary/aromatic N) is 1. The highest BCUT2D eigenvalue weighted by Gasteiger charge is 2.30. The SMILES string of the molecule is COC1(C)CCCN(Cc2ccccc2C(N)=S)C1. The average Bonchev–Trinajstić information content (AvgIpc) is 2.39. The minimum atomic E-state index is -0.0313. The summed E-state index contributed by atoms with van der Waals surface area (Å²) >= 11 is 5.12. The van der Waals surface area contributed by atoms with Crippen molar-refractivity contribution in [3.8, 4) is 0 Å². The lowest BCUT2D eigenvalue weighted by atomic mass is 9.94. The minimum absolute atomic E-state index is 0.0313. The van der Waals surface area contributed by atoms with Crippen LogP contribution in [-0.4, -0.2) is 35.7 Å². The topological polar surface area (TPSA) is 38.5 Å². The lowest BCUT2D eigenvalue weighted by Crippen LogP contribution is -2.47. The zero-order valence-electron chi connectivity index (χ0n) is 11.7. The molecular formula is C15H22N2OS. The van der Waals surface area contributed by atoms with Gasteiger partial charge in [-0.25, -0.2) is 0 Å². The molecule has 0 saturated carbocycles. The fourth-order valence-electron chi connectivity index (χ4n) is 2.75. The molecule has 1 fully saturated rings. The maximum absolute atomic E-state index is 5.79. The Morgan fingerprint density at radius 1 is 1.47 bits per heavy atom. The number of benzene rings is 1. The van der Waals surface area contributed by atoms with Crippen LogP contribution < -0.4 is 5.73 Å². The number of hydrogen-bond acceptors (Lipinski definition) is 3. The lowest BCUT2D eigenvalue weighted by molar-refractivity contribution is -0.0527. The molecule has 0 amide bonds. The number of likely N-dealkylation sites (tertiary alicyclic amines) is 1. The van der Waals surface area contributed by atoms with Crippen LogP contribution in [0.25, 0.3) is 0 Å². The van der Waals surface area contributed by atoms with E-state index in [1.807, 2.05) is 18.2 Å². The average molecular weight is 278 g/mol. The molecule has 0 aliphatic carbocycles. The van der Waals surface area contributed by atoms with Gasteiger partial charge in [-0.2, -0.15) is 0 Å². The second kappa shape index (κ2) is 5.99. The molecule has 1 atom stereocenters. The van der Waals surface area contributed by atoms with Crippen LogP contribution in [0.4, 0.5) is 0 Å². The number of piperidine rings is 1. The van der Waals surface area contributed by atoms with Gasteiger partial charge >= 0.3 is 0 Å². The first kappa shape index (κ1) is 14.4. The summed E-state index contributed by atoms with van der Waals surface area (Å²) in [4.78, 5) is 2.89. The molecule has 4 heteroatoms. The highest BCUT2D eigenvalue weighted by molar-refractivity contribution is 7.80. The van der Waals surface area contributed by atoms with E-state index in [-0.39, 0.29) is 5.60 Å². The molecule has 0 spiro atoms. The summed E-state index contributed by atoms with van der Waals surface area (Å²) in [5, 5.41) is 0. The lowest BCUT2D eigenvalue weighted by Gasteiger charge is -2.39. The molecule has 1 heterocycles. The molecule has 1 saturated heterocycles. The van der Waals surface area contributed by atoms with Gasteiger partial charge in [0.2, 0.25) is 0 Å². The van der Waals surface area contributed by atoms with E-state index in [2.05, 4.69) is 17.9 Å². The zero-order chi connectivity index (χ0) is 13.9. The van der Waals surface area contributed by atoms with Crippen LogP contribution >= 0.6 is 12.2 Å². The van der Waals surface area contributed by atoms with Gasteiger partial charge in [0.1, 0.15) is 4.99 Å². The highest BCUT2D eigenvalue weighted by Crippen LogP contribution is 2.25. The van der Waals surface area contributed by atoms with Crippen molar-refractivity contribution in [1.82, 2.24) is 4.90 Å². The molecule has 3 nitrogen and oxygen atoms in total. The summed E-state index contributed by atoms with van der Waals surface area (Å²) in [6.07, 6.45) is 2.29. The largest absolute Gasteiger partial charge is 0.389 e. The van der Waals surface area contributed by atoms with E-state index in [4.69, 9.17) is 22.7 Å². The van der Waals surface area contributed by atoms with Gasteiger partial charge in [-0.1, -0.05) is 36.5 Å². The Balaban J connectivity index is 2.11. The normalized spacial score (nSPS) is 24.3. The monoisotopic (exact) mass is 278 g/mol. The van der Waals surface area contributed by atoms with E-state index in [0.717, 1.165) is 31.6 Å². The van der Waals surface area contributed by atoms with Crippen LogP contribution in [-0.2, 0) is 11.3 Å². The minimum Gasteiger partial charge on any atom is -0.389 e. The third kappa shape index (κ3) is 3.53. The van der Waals surface area contributed by atoms with Gasteiger partial charge in [-0.15, -0.1) is 0 Å². The molecule has 19 heavy (non-hydrogen) atoms. The van der Waals surface area contributed by atoms with Crippen LogP contribution in [0.2, 0.25) is 0 Å². The smallest absolute Gasteiger partial charge is 0.104 e. The summed E-state index contributed by atoms with van der Waals surface area (Å²) in [6, 6.07) is 8.12. The van der Waals surface area contributed by atoms with Gasteiger partial charge in [0.15, 0.2) is 0 Å². The quantitative estimate of drug-likeness (QED) is 0.858. The predicted octanol–water partition coefficient (Wildman–Crippen LogP) is 2.32. The Bertz CT molecular complexity index is 463. The molecule has 1 unspecified atom stereocenters. The van der Waals surface area contributed by atoms with E-state index in [0.29, 0.717) is 4.99 Å². The van der Waals surface area contributed by atoms with Gasteiger partial charge in [-0.05, 0) is 31.9 Å². The second-order valence-electron chi connectivity index (χ2n) is 5.49. The third-order valence-corrected chi connectivity index (χ3v) is 4.13. The molecule has 0 radical (unpaired) electrons. The van der Waals surface area contributed by atoms with Crippen molar-refractivity contribution >= 4 is 17.2 Å². The summed E-state index contributed by atoms with van der Waals surface area (Å²) in [5.74, 6) is 0. The molecular weight excluding hydrogens is 256 g/mol. The van der Waals surface area contributed by atoms with E-state index in [1.165, 1.54) is 12.0 Å². The zero-order valence-corrected chi connectivity index (χ0v) is 12.5. The molecule has 2 rings (SSSR count). The first-order chi connectivity index (χ1) is 9.04. The van der Waals surface area contributed by atoms with Crippen LogP contribution in [0.15, 0.2) is 24.3 Å². The number of hydrogen-bond donors (Lipinski definition) is 1. The Hall–Kier alpha value is -0.970. The van der Waals surface area contributed by atoms with E-state index in [1.54, 1.807) is 7.11 Å². The summed E-state index contributed by atoms with van der Waals surface area (Å²) in [6.45, 7) is 5.12. The first-order valence-corrected chi connectivity index (χ1v) is 7.10. The van der Waals surface area contributed by atoms with Crippen LogP contribution in [0.1, 0.15) is 30.9 Å². The fraction of sp³-hybridized carbons (Fsp3) is 0.533. The van der Waals surface area contributed by atoms with Crippen molar-refractivity contribution in [2.24, 2.45) is 5.73 Å². The molecule has 1 aliphatic heterocycles. The van der Waals surface area contributed by atoms with E-state index in [9.17, 15) is 0 Å². The number of rotatable bonds is 4. The molecule has 104 valence electrons. The number of nitrogens with two attached hydrogens (primary N) is 1. The summed E-state index contributed by atoms with van der Waals surface area (Å²) in [5.41, 5.74) is 7.95. The molecule has 1 aromatic carbocycles. The third-order valence-electron chi connectivity index (χ3n) is 3.91. The van der Waals surface area contributed by atoms with Crippen molar-refractivity contribution in [3.05, 3.63) is 35.4 Å². The Labute approximate surface area is 120 Å². The van der Waals surface area contributed by atoms with E-state index >= 15 is 0 Å². The molecule has 1 aliphatic rings. The molecule has 2 N–H and O–H groups in total. The van der Waals surface area contributed by atoms with Gasteiger partial charge in [-0.3, -0.25) is 4.90 Å². The van der Waals surface area contributed by atoms with Gasteiger partial charge < -0.3 is 10.5 Å². The molecule has 1 aromatic rings. The molecule has 0 bridgehead atoms. The van der Waals surface area contributed by atoms with Crippen molar-refractivity contribution in [2.45, 2.75) is 31.9 Å². The first-order valence-electron chi connectivity index (χ1n) is 6.69. The maximum Gasteiger partial charge on any atom is 0.104 e. The maximum atomic E-state index is 5.79. The number of ether oxygens (including phenoxy) is 1. The van der Waals surface area contributed by atoms with E-state index < -0.39 is 0 Å². The van der Waals surface area contributed by atoms with Gasteiger partial charge in [0, 0.05) is 25.8 Å². The van der Waals surface area contributed by atoms with Crippen LogP contribution in [0, 0.1) is 0 Å². The Morgan fingerprint density at radius 2 is 2.21 bits per heavy atom. The Kier molecular flexibility index (Phi) is 4.55. The number of methoxy groups -OCH3 is 1. The van der Waals surface area contributed by atoms with Crippen molar-refractivity contribution < 1.29 is 4.74 Å². The van der Waals surface area contributed by atoms with Crippen LogP contribution in [0.3, 0.4) is 0 Å². The van der Waals surface area contributed by atoms with Gasteiger partial charge in [0.25, 0.3) is 0 Å². The van der Waals surface area contributed by atoms with Crippen LogP contribution in [0.5, 0.6) is 0 Å². The Morgan fingerprint density at radius 3 is 2.89 bits per heavy atom. The van der Waals surface area contributed by atoms with Crippen molar-refractivity contribution in [1.29, 1.82) is 0 Å².